The molecule has 2 aliphatic rings. The number of thiazole rings is 1. The number of methoxy groups -OCH3 is 1. The quantitative estimate of drug-likeness (QED) is 0.300. The predicted octanol–water partition coefficient (Wildman–Crippen LogP) is 1.58. The van der Waals surface area contributed by atoms with Crippen LogP contribution in [0.4, 0.5) is 0 Å². The summed E-state index contributed by atoms with van der Waals surface area (Å²) >= 11 is 1.17. The molecule has 2 saturated heterocycles. The van der Waals surface area contributed by atoms with Crippen LogP contribution < -0.4 is 4.74 Å². The Morgan fingerprint density at radius 3 is 2.73 bits per heavy atom. The van der Waals surface area contributed by atoms with Gasteiger partial charge in [-0.1, -0.05) is 23.8 Å². The minimum absolute atomic E-state index is 0.0198. The molecule has 0 radical (unpaired) electrons. The Kier molecular flexibility index (Phi) is 7.65. The molecule has 2 fully saturated rings. The number of ketones is 1. The van der Waals surface area contributed by atoms with Gasteiger partial charge in [0.05, 0.1) is 55.3 Å². The second-order valence-corrected chi connectivity index (χ2v) is 9.33. The van der Waals surface area contributed by atoms with E-state index in [4.69, 9.17) is 14.2 Å². The fourth-order valence-electron chi connectivity index (χ4n) is 3.85. The van der Waals surface area contributed by atoms with E-state index in [1.54, 1.807) is 13.8 Å². The summed E-state index contributed by atoms with van der Waals surface area (Å²) in [7, 11) is 1.50. The summed E-state index contributed by atoms with van der Waals surface area (Å²) in [6.07, 6.45) is 0.840. The zero-order valence-corrected chi connectivity index (χ0v) is 18.5. The van der Waals surface area contributed by atoms with Crippen LogP contribution in [0.1, 0.15) is 43.3 Å². The number of aliphatic hydroxyl groups is 3. The van der Waals surface area contributed by atoms with Gasteiger partial charge in [0.1, 0.15) is 6.10 Å². The molecule has 0 saturated carbocycles. The average Bonchev–Trinajstić information content (AvgIpc) is 3.29. The van der Waals surface area contributed by atoms with Crippen LogP contribution in [0.3, 0.4) is 0 Å². The number of carbonyl (C=O) groups excluding carboxylic acids is 1. The van der Waals surface area contributed by atoms with Gasteiger partial charge in [0.25, 0.3) is 5.19 Å². The number of hydrogen-bond acceptors (Lipinski definition) is 9. The van der Waals surface area contributed by atoms with Crippen LogP contribution in [0.5, 0.6) is 5.19 Å². The first-order valence-corrected chi connectivity index (χ1v) is 11.1. The van der Waals surface area contributed by atoms with Gasteiger partial charge in [-0.2, -0.15) is 0 Å². The molecule has 0 bridgehead atoms. The summed E-state index contributed by atoms with van der Waals surface area (Å²) in [5.41, 5.74) is 0.749. The lowest BCUT2D eigenvalue weighted by Gasteiger charge is -2.38. The van der Waals surface area contributed by atoms with E-state index < -0.39 is 24.4 Å². The number of rotatable bonds is 9. The molecule has 8 atom stereocenters. The standard InChI is InChI=1S/C21H31NO7S/c1-10(5-14(24)17-8-22-21(27-4)30-17)6-15-19(26)18(25)13(9-28-15)7-16-20(29-16)11(2)12(3)23/h5,8,11-13,15-16,18-20,23,25-26H,6-7,9H2,1-4H3/b10-5+/t11-,12-,13-,15-,16-,18+,19-,20-/m0/s1. The monoisotopic (exact) mass is 441 g/mol. The third kappa shape index (κ3) is 5.46. The van der Waals surface area contributed by atoms with Crippen molar-refractivity contribution in [3.8, 4) is 5.19 Å². The normalized spacial score (nSPS) is 33.8. The Bertz CT molecular complexity index is 764. The highest BCUT2D eigenvalue weighted by Gasteiger charge is 2.48. The van der Waals surface area contributed by atoms with Gasteiger partial charge in [0, 0.05) is 11.8 Å². The van der Waals surface area contributed by atoms with E-state index in [9.17, 15) is 20.1 Å². The molecule has 0 amide bonds. The molecule has 0 spiro atoms. The smallest absolute Gasteiger partial charge is 0.273 e. The SMILES string of the molecule is COc1ncc(C(=O)/C=C(\C)C[C@@H]2OC[C@H](C[C@@H]3O[C@H]3[C@@H](C)[C@H](C)O)[C@@H](O)[C@H]2O)s1. The second kappa shape index (κ2) is 9.84. The van der Waals surface area contributed by atoms with Crippen molar-refractivity contribution >= 4 is 17.1 Å². The summed E-state index contributed by atoms with van der Waals surface area (Å²) < 4.78 is 16.5. The lowest BCUT2D eigenvalue weighted by Crippen LogP contribution is -2.50. The Morgan fingerprint density at radius 1 is 1.37 bits per heavy atom. The fraction of sp³-hybridized carbons (Fsp3) is 0.714. The van der Waals surface area contributed by atoms with Crippen LogP contribution >= 0.6 is 11.3 Å². The van der Waals surface area contributed by atoms with E-state index >= 15 is 0 Å². The molecule has 0 unspecified atom stereocenters. The maximum Gasteiger partial charge on any atom is 0.273 e. The zero-order valence-electron chi connectivity index (χ0n) is 17.7. The molecule has 30 heavy (non-hydrogen) atoms. The number of hydrogen-bond donors (Lipinski definition) is 3. The number of aromatic nitrogens is 1. The molecule has 0 aliphatic carbocycles. The molecule has 9 heteroatoms. The summed E-state index contributed by atoms with van der Waals surface area (Å²) in [6, 6.07) is 0. The molecule has 1 aromatic heterocycles. The van der Waals surface area contributed by atoms with Gasteiger partial charge >= 0.3 is 0 Å². The van der Waals surface area contributed by atoms with Crippen molar-refractivity contribution in [1.29, 1.82) is 0 Å². The number of aliphatic hydroxyl groups excluding tert-OH is 3. The summed E-state index contributed by atoms with van der Waals surface area (Å²) in [5, 5.41) is 31.2. The van der Waals surface area contributed by atoms with Crippen molar-refractivity contribution < 1.29 is 34.3 Å². The third-order valence-electron chi connectivity index (χ3n) is 5.98. The first-order chi connectivity index (χ1) is 14.2. The number of ether oxygens (including phenoxy) is 3. The van der Waals surface area contributed by atoms with E-state index in [0.29, 0.717) is 29.5 Å². The molecule has 0 aromatic carbocycles. The van der Waals surface area contributed by atoms with Crippen molar-refractivity contribution in [1.82, 2.24) is 4.98 Å². The van der Waals surface area contributed by atoms with E-state index in [0.717, 1.165) is 5.57 Å². The molecule has 8 nitrogen and oxygen atoms in total. The van der Waals surface area contributed by atoms with Gasteiger partial charge in [-0.15, -0.1) is 0 Å². The Morgan fingerprint density at radius 2 is 2.10 bits per heavy atom. The summed E-state index contributed by atoms with van der Waals surface area (Å²) in [6.45, 7) is 5.78. The van der Waals surface area contributed by atoms with Crippen LogP contribution in [0.15, 0.2) is 17.8 Å². The molecule has 1 aromatic rings. The van der Waals surface area contributed by atoms with E-state index in [2.05, 4.69) is 4.98 Å². The molecular weight excluding hydrogens is 410 g/mol. The van der Waals surface area contributed by atoms with Crippen LogP contribution in [0.25, 0.3) is 0 Å². The van der Waals surface area contributed by atoms with Crippen molar-refractivity contribution in [3.63, 3.8) is 0 Å². The number of allylic oxidation sites excluding steroid dienone is 1. The van der Waals surface area contributed by atoms with Gasteiger partial charge in [-0.25, -0.2) is 4.98 Å². The molecule has 3 heterocycles. The minimum atomic E-state index is -1.04. The van der Waals surface area contributed by atoms with Gasteiger partial charge in [0.15, 0.2) is 5.78 Å². The molecule has 3 rings (SSSR count). The molecule has 3 N–H and O–H groups in total. The highest BCUT2D eigenvalue weighted by Crippen LogP contribution is 2.38. The average molecular weight is 442 g/mol. The van der Waals surface area contributed by atoms with E-state index in [-0.39, 0.29) is 29.8 Å². The minimum Gasteiger partial charge on any atom is -0.473 e. The largest absolute Gasteiger partial charge is 0.473 e. The number of nitrogens with zero attached hydrogens (tertiary/aromatic N) is 1. The Balaban J connectivity index is 1.51. The van der Waals surface area contributed by atoms with E-state index in [1.165, 1.54) is 30.7 Å². The predicted molar refractivity (Wildman–Crippen MR) is 111 cm³/mol. The Labute approximate surface area is 180 Å². The zero-order chi connectivity index (χ0) is 22.0. The highest BCUT2D eigenvalue weighted by atomic mass is 32.1. The summed E-state index contributed by atoms with van der Waals surface area (Å²) in [4.78, 5) is 16.8. The highest BCUT2D eigenvalue weighted by molar-refractivity contribution is 7.15. The summed E-state index contributed by atoms with van der Waals surface area (Å²) in [5.74, 6) is -0.387. The fourth-order valence-corrected chi connectivity index (χ4v) is 4.49. The van der Waals surface area contributed by atoms with E-state index in [1.807, 2.05) is 6.92 Å². The maximum atomic E-state index is 12.3. The van der Waals surface area contributed by atoms with Crippen molar-refractivity contribution in [2.75, 3.05) is 13.7 Å². The van der Waals surface area contributed by atoms with Gasteiger partial charge < -0.3 is 29.5 Å². The van der Waals surface area contributed by atoms with Crippen LogP contribution in [0, 0.1) is 11.8 Å². The first-order valence-electron chi connectivity index (χ1n) is 10.2. The topological polar surface area (TPSA) is 122 Å². The molecular formula is C21H31NO7S. The number of carbonyl (C=O) groups is 1. The maximum absolute atomic E-state index is 12.3. The lowest BCUT2D eigenvalue weighted by molar-refractivity contribution is -0.165. The molecule has 2 aliphatic heterocycles. The Hall–Kier alpha value is -1.36. The van der Waals surface area contributed by atoms with Crippen LogP contribution in [0.2, 0.25) is 0 Å². The number of epoxide rings is 1. The first kappa shape index (κ1) is 23.3. The molecule has 168 valence electrons. The van der Waals surface area contributed by atoms with Crippen molar-refractivity contribution in [2.24, 2.45) is 11.8 Å². The van der Waals surface area contributed by atoms with Gasteiger partial charge in [0.2, 0.25) is 0 Å². The van der Waals surface area contributed by atoms with Crippen LogP contribution in [-0.2, 0) is 9.47 Å². The third-order valence-corrected chi connectivity index (χ3v) is 6.95. The van der Waals surface area contributed by atoms with Crippen molar-refractivity contribution in [3.05, 3.63) is 22.7 Å². The van der Waals surface area contributed by atoms with Crippen LogP contribution in [-0.4, -0.2) is 76.4 Å². The van der Waals surface area contributed by atoms with Crippen molar-refractivity contribution in [2.45, 2.75) is 70.2 Å². The lowest BCUT2D eigenvalue weighted by atomic mass is 9.85. The van der Waals surface area contributed by atoms with Gasteiger partial charge in [-0.3, -0.25) is 4.79 Å². The van der Waals surface area contributed by atoms with Gasteiger partial charge in [-0.05, 0) is 32.8 Å². The second-order valence-electron chi connectivity index (χ2n) is 8.34.